The van der Waals surface area contributed by atoms with Crippen LogP contribution >= 0.6 is 0 Å². The number of ether oxygens (including phenoxy) is 5. The van der Waals surface area contributed by atoms with E-state index in [0.29, 0.717) is 69.9 Å². The fourth-order valence-corrected chi connectivity index (χ4v) is 9.33. The van der Waals surface area contributed by atoms with Crippen LogP contribution in [-0.2, 0) is 13.6 Å². The van der Waals surface area contributed by atoms with E-state index >= 15 is 0 Å². The number of carbonyl (C=O) groups is 4. The first-order chi connectivity index (χ1) is 31.7. The number of rotatable bonds is 22. The van der Waals surface area contributed by atoms with Crippen molar-refractivity contribution < 1.29 is 56.8 Å². The number of likely N-dealkylation sites (tertiary alicyclic amines) is 2. The van der Waals surface area contributed by atoms with E-state index in [0.717, 1.165) is 11.1 Å². The van der Waals surface area contributed by atoms with E-state index in [9.17, 15) is 24.3 Å². The van der Waals surface area contributed by atoms with Crippen molar-refractivity contribution in [2.75, 3.05) is 71.0 Å². The number of hydrogen-bond acceptors (Lipinski definition) is 11. The van der Waals surface area contributed by atoms with Crippen LogP contribution in [0, 0.1) is 0 Å². The highest BCUT2D eigenvalue weighted by Gasteiger charge is 2.42. The SMILES string of the molecule is C=CCOC(=O)Nc1cc(OCCCCCOc2cc(NC(=O)O)c(C(=O)N3CC(=C)CC3CO[Si](C)(C)C(C)(C)C)cc2OC)c(OC)cc1C(=O)N1CC(=C)CC1CO[Si](C)(C)C(C)(C)C. The fraction of sp³-hybridized carbons (Fsp3) is 0.560. The molecule has 2 heterocycles. The Labute approximate surface area is 405 Å². The molecule has 3 N–H and O–H groups in total. The molecule has 0 radical (unpaired) electrons. The molecule has 16 nitrogen and oxygen atoms in total. The Hall–Kier alpha value is -5.31. The molecule has 0 aromatic heterocycles. The molecule has 2 saturated heterocycles. The first kappa shape index (κ1) is 55.3. The Balaban J connectivity index is 1.44. The smallest absolute Gasteiger partial charge is 0.411 e. The molecule has 4 amide bonds. The van der Waals surface area contributed by atoms with Gasteiger partial charge in [0.2, 0.25) is 0 Å². The third-order valence-corrected chi connectivity index (χ3v) is 22.3. The standard InChI is InChI=1S/C50H76N4O12Si2/c1-16-20-64-48(59)52-40-28-44(42(61-11)26-38(40)46(56)54-30-34(3)24-36(54)32-66-68(14,15)50(7,8)9)63-22-19-17-18-21-62-43-27-39(51-47(57)58)37(25-41(43)60-10)45(55)53-29-33(2)23-35(53)31-65-67(12,13)49(4,5)6/h16,25-28,35-36,51H,1-3,17-24,29-32H2,4-15H3,(H,52,59)(H,57,58). The van der Waals surface area contributed by atoms with Crippen LogP contribution < -0.4 is 29.6 Å². The number of carbonyl (C=O) groups excluding carboxylic acids is 3. The molecule has 2 unspecified atom stereocenters. The molecule has 18 heteroatoms. The number of carboxylic acid groups (broad SMARTS) is 1. The summed E-state index contributed by atoms with van der Waals surface area (Å²) in [6.45, 7) is 35.5. The van der Waals surface area contributed by atoms with Gasteiger partial charge in [-0.05, 0) is 80.5 Å². The molecule has 2 aliphatic rings. The van der Waals surface area contributed by atoms with Crippen molar-refractivity contribution in [1.29, 1.82) is 0 Å². The third kappa shape index (κ3) is 14.4. The highest BCUT2D eigenvalue weighted by atomic mass is 28.4. The minimum absolute atomic E-state index is 0.00785. The van der Waals surface area contributed by atoms with E-state index in [2.05, 4.69) is 98.1 Å². The second-order valence-corrected chi connectivity index (χ2v) is 30.1. The quantitative estimate of drug-likeness (QED) is 0.0577. The predicted octanol–water partition coefficient (Wildman–Crippen LogP) is 10.7. The molecular formula is C50H76N4O12Si2. The maximum Gasteiger partial charge on any atom is 0.411 e. The van der Waals surface area contributed by atoms with E-state index in [1.54, 1.807) is 21.9 Å². The Morgan fingerprint density at radius 3 is 1.47 bits per heavy atom. The summed E-state index contributed by atoms with van der Waals surface area (Å²) < 4.78 is 41.9. The highest BCUT2D eigenvalue weighted by Crippen LogP contribution is 2.41. The van der Waals surface area contributed by atoms with Crippen molar-refractivity contribution in [2.24, 2.45) is 0 Å². The summed E-state index contributed by atoms with van der Waals surface area (Å²) in [6, 6.07) is 5.60. The molecule has 4 rings (SSSR count). The summed E-state index contributed by atoms with van der Waals surface area (Å²) in [6.07, 6.45) is 2.39. The van der Waals surface area contributed by atoms with Gasteiger partial charge >= 0.3 is 12.2 Å². The Morgan fingerprint density at radius 2 is 1.10 bits per heavy atom. The van der Waals surface area contributed by atoms with E-state index in [1.807, 2.05) is 0 Å². The van der Waals surface area contributed by atoms with Gasteiger partial charge < -0.3 is 47.4 Å². The fourth-order valence-electron chi connectivity index (χ4n) is 7.25. The van der Waals surface area contributed by atoms with Crippen LogP contribution in [0.2, 0.25) is 36.3 Å². The van der Waals surface area contributed by atoms with E-state index in [1.165, 1.54) is 32.4 Å². The van der Waals surface area contributed by atoms with Crippen molar-refractivity contribution in [1.82, 2.24) is 9.80 Å². The molecule has 2 fully saturated rings. The largest absolute Gasteiger partial charge is 0.493 e. The summed E-state index contributed by atoms with van der Waals surface area (Å²) in [5.74, 6) is 0.465. The molecule has 0 bridgehead atoms. The van der Waals surface area contributed by atoms with Crippen molar-refractivity contribution in [3.8, 4) is 23.0 Å². The van der Waals surface area contributed by atoms with Crippen LogP contribution in [0.15, 0.2) is 61.2 Å². The summed E-state index contributed by atoms with van der Waals surface area (Å²) in [7, 11) is -1.29. The van der Waals surface area contributed by atoms with Gasteiger partial charge in [-0.1, -0.05) is 78.5 Å². The van der Waals surface area contributed by atoms with Gasteiger partial charge in [0.05, 0.1) is 75.2 Å². The first-order valence-electron chi connectivity index (χ1n) is 23.2. The predicted molar refractivity (Wildman–Crippen MR) is 271 cm³/mol. The van der Waals surface area contributed by atoms with E-state index in [4.69, 9.17) is 32.5 Å². The molecule has 68 heavy (non-hydrogen) atoms. The third-order valence-electron chi connectivity index (χ3n) is 13.3. The molecule has 376 valence electrons. The number of hydrogen-bond donors (Lipinski definition) is 3. The van der Waals surface area contributed by atoms with Crippen LogP contribution in [0.4, 0.5) is 21.0 Å². The molecule has 2 atom stereocenters. The van der Waals surface area contributed by atoms with Gasteiger partial charge in [-0.2, -0.15) is 0 Å². The maximum atomic E-state index is 14.4. The lowest BCUT2D eigenvalue weighted by Gasteiger charge is -2.38. The van der Waals surface area contributed by atoms with E-state index < -0.39 is 28.8 Å². The lowest BCUT2D eigenvalue weighted by Crippen LogP contribution is -2.46. The minimum atomic E-state index is -2.11. The zero-order valence-corrected chi connectivity index (χ0v) is 44.5. The lowest BCUT2D eigenvalue weighted by atomic mass is 10.1. The topological polar surface area (TPSA) is 184 Å². The van der Waals surface area contributed by atoms with Crippen LogP contribution in [0.25, 0.3) is 0 Å². The Morgan fingerprint density at radius 1 is 0.691 bits per heavy atom. The monoisotopic (exact) mass is 980 g/mol. The van der Waals surface area contributed by atoms with Gasteiger partial charge in [0.15, 0.2) is 39.6 Å². The average Bonchev–Trinajstić information content (AvgIpc) is 3.83. The number of nitrogens with zero attached hydrogens (tertiary/aromatic N) is 2. The Bertz CT molecular complexity index is 2180. The molecule has 2 aromatic carbocycles. The van der Waals surface area contributed by atoms with Gasteiger partial charge in [-0.25, -0.2) is 9.59 Å². The number of benzene rings is 2. The zero-order valence-electron chi connectivity index (χ0n) is 42.5. The number of amides is 4. The maximum absolute atomic E-state index is 14.4. The van der Waals surface area contributed by atoms with Gasteiger partial charge in [0.1, 0.15) is 6.61 Å². The van der Waals surface area contributed by atoms with Gasteiger partial charge in [-0.15, -0.1) is 0 Å². The van der Waals surface area contributed by atoms with Crippen molar-refractivity contribution in [3.05, 3.63) is 72.4 Å². The summed E-state index contributed by atoms with van der Waals surface area (Å²) in [5, 5.41) is 14.8. The van der Waals surface area contributed by atoms with Crippen LogP contribution in [0.1, 0.15) is 94.4 Å². The molecule has 0 spiro atoms. The van der Waals surface area contributed by atoms with Crippen LogP contribution in [0.3, 0.4) is 0 Å². The normalized spacial score (nSPS) is 16.6. The summed E-state index contributed by atoms with van der Waals surface area (Å²) in [4.78, 5) is 56.7. The Kier molecular flexibility index (Phi) is 19.0. The van der Waals surface area contributed by atoms with Gasteiger partial charge in [0.25, 0.3) is 11.8 Å². The highest BCUT2D eigenvalue weighted by molar-refractivity contribution is 6.74. The second-order valence-electron chi connectivity index (χ2n) is 20.5. The number of unbranched alkanes of at least 4 members (excludes halogenated alkanes) is 2. The molecule has 0 aliphatic carbocycles. The van der Waals surface area contributed by atoms with Crippen molar-refractivity contribution in [2.45, 2.75) is 122 Å². The van der Waals surface area contributed by atoms with E-state index in [-0.39, 0.29) is 87.8 Å². The summed E-state index contributed by atoms with van der Waals surface area (Å²) >= 11 is 0. The molecule has 2 aromatic rings. The first-order valence-corrected chi connectivity index (χ1v) is 29.0. The zero-order chi connectivity index (χ0) is 50.8. The van der Waals surface area contributed by atoms with Crippen LogP contribution in [-0.4, -0.2) is 128 Å². The van der Waals surface area contributed by atoms with Crippen LogP contribution in [0.5, 0.6) is 23.0 Å². The number of methoxy groups -OCH3 is 2. The summed E-state index contributed by atoms with van der Waals surface area (Å²) in [5.41, 5.74) is 2.37. The second kappa shape index (κ2) is 23.3. The molecule has 2 aliphatic heterocycles. The van der Waals surface area contributed by atoms with Crippen molar-refractivity contribution in [3.63, 3.8) is 0 Å². The van der Waals surface area contributed by atoms with Crippen molar-refractivity contribution >= 4 is 52.0 Å². The van der Waals surface area contributed by atoms with Gasteiger partial charge in [0, 0.05) is 25.2 Å². The minimum Gasteiger partial charge on any atom is -0.493 e. The molecular weight excluding hydrogens is 905 g/mol. The van der Waals surface area contributed by atoms with Gasteiger partial charge in [-0.3, -0.25) is 20.2 Å². The average molecular weight is 981 g/mol. The molecule has 0 saturated carbocycles. The number of anilines is 2. The lowest BCUT2D eigenvalue weighted by molar-refractivity contribution is 0.0680. The number of nitrogens with one attached hydrogen (secondary N) is 2.